The summed E-state index contributed by atoms with van der Waals surface area (Å²) in [6.07, 6.45) is -0.0695. The number of carboxylic acids is 1. The van der Waals surface area contributed by atoms with Gasteiger partial charge in [-0.1, -0.05) is 12.1 Å². The number of H-pyrrole nitrogens is 1. The highest BCUT2D eigenvalue weighted by Crippen LogP contribution is 2.21. The number of carboxylic acid groups (broad SMARTS) is 1. The van der Waals surface area contributed by atoms with E-state index in [9.17, 15) is 4.79 Å². The minimum Gasteiger partial charge on any atom is -0.481 e. The van der Waals surface area contributed by atoms with Gasteiger partial charge in [0.1, 0.15) is 5.52 Å². The van der Waals surface area contributed by atoms with Crippen molar-refractivity contribution in [2.24, 2.45) is 0 Å². The molecule has 2 aromatic rings. The standard InChI is InChI=1S/C9H9N3O2/c10-6-3-1-2-5-7(4-8(13)14)11-12-9(5)6/h1-3H,4,10H2,(H,11,12)(H,13,14). The Bertz CT molecular complexity index is 490. The lowest BCUT2D eigenvalue weighted by Gasteiger charge is -1.94. The maximum atomic E-state index is 10.5. The monoisotopic (exact) mass is 191 g/mol. The number of nitrogens with zero attached hydrogens (tertiary/aromatic N) is 1. The number of nitrogen functional groups attached to an aromatic ring is 1. The number of hydrogen-bond acceptors (Lipinski definition) is 3. The molecule has 1 heterocycles. The van der Waals surface area contributed by atoms with Crippen LogP contribution < -0.4 is 5.73 Å². The first-order valence-electron chi connectivity index (χ1n) is 4.11. The number of carbonyl (C=O) groups is 1. The summed E-state index contributed by atoms with van der Waals surface area (Å²) in [6.45, 7) is 0. The highest BCUT2D eigenvalue weighted by atomic mass is 16.4. The van der Waals surface area contributed by atoms with E-state index in [4.69, 9.17) is 10.8 Å². The first-order valence-corrected chi connectivity index (χ1v) is 4.11. The average Bonchev–Trinajstić information content (AvgIpc) is 2.49. The van der Waals surface area contributed by atoms with Gasteiger partial charge in [0, 0.05) is 5.39 Å². The lowest BCUT2D eigenvalue weighted by Crippen LogP contribution is -2.00. The van der Waals surface area contributed by atoms with Gasteiger partial charge in [-0.05, 0) is 6.07 Å². The topological polar surface area (TPSA) is 92.0 Å². The second kappa shape index (κ2) is 3.02. The van der Waals surface area contributed by atoms with Gasteiger partial charge in [-0.25, -0.2) is 0 Å². The van der Waals surface area contributed by atoms with Crippen molar-refractivity contribution in [3.05, 3.63) is 23.9 Å². The number of nitrogens with two attached hydrogens (primary N) is 1. The van der Waals surface area contributed by atoms with E-state index in [1.807, 2.05) is 0 Å². The Morgan fingerprint density at radius 2 is 2.36 bits per heavy atom. The first kappa shape index (κ1) is 8.55. The maximum Gasteiger partial charge on any atom is 0.309 e. The second-order valence-electron chi connectivity index (χ2n) is 3.02. The lowest BCUT2D eigenvalue weighted by atomic mass is 10.1. The van der Waals surface area contributed by atoms with E-state index >= 15 is 0 Å². The van der Waals surface area contributed by atoms with Crippen LogP contribution in [0.5, 0.6) is 0 Å². The van der Waals surface area contributed by atoms with Crippen LogP contribution in [0.1, 0.15) is 5.69 Å². The van der Waals surface area contributed by atoms with Crippen LogP contribution in [0.25, 0.3) is 10.9 Å². The number of hydrogen-bond donors (Lipinski definition) is 3. The van der Waals surface area contributed by atoms with Gasteiger partial charge in [0.05, 0.1) is 17.8 Å². The molecule has 14 heavy (non-hydrogen) atoms. The van der Waals surface area contributed by atoms with Gasteiger partial charge >= 0.3 is 5.97 Å². The largest absolute Gasteiger partial charge is 0.481 e. The van der Waals surface area contributed by atoms with E-state index in [1.54, 1.807) is 18.2 Å². The predicted molar refractivity (Wildman–Crippen MR) is 51.8 cm³/mol. The molecule has 4 N–H and O–H groups in total. The molecule has 0 atom stereocenters. The first-order chi connectivity index (χ1) is 6.68. The molecule has 1 aromatic carbocycles. The van der Waals surface area contributed by atoms with E-state index in [0.29, 0.717) is 16.9 Å². The number of para-hydroxylation sites is 1. The van der Waals surface area contributed by atoms with Crippen molar-refractivity contribution in [2.45, 2.75) is 6.42 Å². The summed E-state index contributed by atoms with van der Waals surface area (Å²) in [7, 11) is 0. The Balaban J connectivity index is 2.58. The summed E-state index contributed by atoms with van der Waals surface area (Å²) >= 11 is 0. The van der Waals surface area contributed by atoms with Crippen molar-refractivity contribution in [1.82, 2.24) is 10.2 Å². The molecule has 0 aliphatic rings. The Kier molecular flexibility index (Phi) is 1.85. The van der Waals surface area contributed by atoms with Crippen LogP contribution >= 0.6 is 0 Å². The molecule has 0 amide bonds. The van der Waals surface area contributed by atoms with Crippen LogP contribution in [0, 0.1) is 0 Å². The van der Waals surface area contributed by atoms with Gasteiger partial charge in [-0.2, -0.15) is 5.10 Å². The van der Waals surface area contributed by atoms with E-state index in [1.165, 1.54) is 0 Å². The number of fused-ring (bicyclic) bond motifs is 1. The van der Waals surface area contributed by atoms with Gasteiger partial charge in [-0.15, -0.1) is 0 Å². The minimum atomic E-state index is -0.891. The third-order valence-corrected chi connectivity index (χ3v) is 2.02. The predicted octanol–water partition coefficient (Wildman–Crippen LogP) is 0.772. The van der Waals surface area contributed by atoms with Crippen molar-refractivity contribution in [3.8, 4) is 0 Å². The number of nitrogens with one attached hydrogen (secondary N) is 1. The van der Waals surface area contributed by atoms with Crippen LogP contribution in [0.4, 0.5) is 5.69 Å². The zero-order chi connectivity index (χ0) is 10.1. The lowest BCUT2D eigenvalue weighted by molar-refractivity contribution is -0.136. The molecule has 0 aliphatic heterocycles. The molecule has 0 saturated heterocycles. The summed E-state index contributed by atoms with van der Waals surface area (Å²) in [4.78, 5) is 10.5. The van der Waals surface area contributed by atoms with Gasteiger partial charge in [-0.3, -0.25) is 9.89 Å². The molecule has 0 fully saturated rings. The smallest absolute Gasteiger partial charge is 0.309 e. The summed E-state index contributed by atoms with van der Waals surface area (Å²) in [5.41, 5.74) is 7.43. The summed E-state index contributed by atoms with van der Waals surface area (Å²) in [6, 6.07) is 5.31. The third kappa shape index (κ3) is 1.28. The molecule has 0 unspecified atom stereocenters. The number of aromatic nitrogens is 2. The number of rotatable bonds is 2. The molecule has 2 rings (SSSR count). The van der Waals surface area contributed by atoms with E-state index < -0.39 is 5.97 Å². The van der Waals surface area contributed by atoms with Crippen LogP contribution in [-0.4, -0.2) is 21.3 Å². The van der Waals surface area contributed by atoms with Gasteiger partial charge < -0.3 is 10.8 Å². The normalized spacial score (nSPS) is 10.6. The second-order valence-corrected chi connectivity index (χ2v) is 3.02. The molecule has 0 aliphatic carbocycles. The maximum absolute atomic E-state index is 10.5. The number of anilines is 1. The highest BCUT2D eigenvalue weighted by Gasteiger charge is 2.09. The number of aliphatic carboxylic acids is 1. The Morgan fingerprint density at radius 1 is 1.57 bits per heavy atom. The zero-order valence-electron chi connectivity index (χ0n) is 7.32. The van der Waals surface area contributed by atoms with Crippen LogP contribution in [0.15, 0.2) is 18.2 Å². The Labute approximate surface area is 79.5 Å². The van der Waals surface area contributed by atoms with Gasteiger partial charge in [0.15, 0.2) is 0 Å². The molecule has 0 spiro atoms. The molecular formula is C9H9N3O2. The van der Waals surface area contributed by atoms with Crippen molar-refractivity contribution < 1.29 is 9.90 Å². The van der Waals surface area contributed by atoms with Crippen LogP contribution in [0.2, 0.25) is 0 Å². The van der Waals surface area contributed by atoms with Crippen LogP contribution in [-0.2, 0) is 11.2 Å². The highest BCUT2D eigenvalue weighted by molar-refractivity contribution is 5.92. The molecule has 5 nitrogen and oxygen atoms in total. The zero-order valence-corrected chi connectivity index (χ0v) is 7.32. The summed E-state index contributed by atoms with van der Waals surface area (Å²) < 4.78 is 0. The van der Waals surface area contributed by atoms with Crippen LogP contribution in [0.3, 0.4) is 0 Å². The molecule has 0 saturated carbocycles. The Morgan fingerprint density at radius 3 is 3.07 bits per heavy atom. The van der Waals surface area contributed by atoms with E-state index in [2.05, 4.69) is 10.2 Å². The third-order valence-electron chi connectivity index (χ3n) is 2.02. The Hall–Kier alpha value is -2.04. The average molecular weight is 191 g/mol. The van der Waals surface area contributed by atoms with Crippen molar-refractivity contribution in [1.29, 1.82) is 0 Å². The van der Waals surface area contributed by atoms with Crippen molar-refractivity contribution in [2.75, 3.05) is 5.73 Å². The number of benzene rings is 1. The number of aromatic amines is 1. The fourth-order valence-electron chi connectivity index (χ4n) is 1.40. The summed E-state index contributed by atoms with van der Waals surface area (Å²) in [5.74, 6) is -0.891. The molecular weight excluding hydrogens is 182 g/mol. The van der Waals surface area contributed by atoms with Crippen molar-refractivity contribution >= 4 is 22.6 Å². The SMILES string of the molecule is Nc1cccc2c(CC(=O)O)[nH]nc12. The van der Waals surface area contributed by atoms with E-state index in [-0.39, 0.29) is 6.42 Å². The molecule has 0 bridgehead atoms. The van der Waals surface area contributed by atoms with Gasteiger partial charge in [0.25, 0.3) is 0 Å². The minimum absolute atomic E-state index is 0.0695. The summed E-state index contributed by atoms with van der Waals surface area (Å²) in [5, 5.41) is 16.0. The fraction of sp³-hybridized carbons (Fsp3) is 0.111. The van der Waals surface area contributed by atoms with Gasteiger partial charge in [0.2, 0.25) is 0 Å². The fourth-order valence-corrected chi connectivity index (χ4v) is 1.40. The molecule has 1 aromatic heterocycles. The molecule has 5 heteroatoms. The molecule has 0 radical (unpaired) electrons. The quantitative estimate of drug-likeness (QED) is 0.611. The van der Waals surface area contributed by atoms with Crippen molar-refractivity contribution in [3.63, 3.8) is 0 Å². The molecule has 72 valence electrons. The van der Waals surface area contributed by atoms with E-state index in [0.717, 1.165) is 5.39 Å².